The highest BCUT2D eigenvalue weighted by Gasteiger charge is 2.29. The smallest absolute Gasteiger partial charge is 0.322 e. The summed E-state index contributed by atoms with van der Waals surface area (Å²) in [7, 11) is -1.39. The lowest BCUT2D eigenvalue weighted by Gasteiger charge is -2.35. The number of nitrogens with one attached hydrogen (secondary N) is 1. The summed E-state index contributed by atoms with van der Waals surface area (Å²) in [5.41, 5.74) is 2.45. The maximum Gasteiger partial charge on any atom is 0.322 e. The summed E-state index contributed by atoms with van der Waals surface area (Å²) in [6.07, 6.45) is 2.53. The molecular weight excluding hydrogens is 406 g/mol. The molecule has 1 aromatic carbocycles. The van der Waals surface area contributed by atoms with Gasteiger partial charge < -0.3 is 4.90 Å². The Balaban J connectivity index is 1.61. The fourth-order valence-corrected chi connectivity index (χ4v) is 5.30. The Labute approximate surface area is 177 Å². The molecular formula is C21H29N3O3S2. The minimum atomic E-state index is -3.16. The van der Waals surface area contributed by atoms with Crippen LogP contribution < -0.4 is 5.32 Å². The molecule has 3 rings (SSSR count). The number of anilines is 1. The molecule has 1 fully saturated rings. The number of benzene rings is 1. The molecule has 0 unspecified atom stereocenters. The Bertz CT molecular complexity index is 961. The van der Waals surface area contributed by atoms with E-state index in [0.717, 1.165) is 15.4 Å². The Kier molecular flexibility index (Phi) is 6.65. The van der Waals surface area contributed by atoms with Crippen molar-refractivity contribution in [2.45, 2.75) is 38.6 Å². The number of hydrogen-bond acceptors (Lipinski definition) is 4. The van der Waals surface area contributed by atoms with E-state index in [1.165, 1.54) is 16.1 Å². The number of urea groups is 1. The number of hydrogen-bond donors (Lipinski definition) is 1. The van der Waals surface area contributed by atoms with Gasteiger partial charge >= 0.3 is 6.03 Å². The second-order valence-electron chi connectivity index (χ2n) is 7.88. The largest absolute Gasteiger partial charge is 0.324 e. The molecule has 1 N–H and O–H groups in total. The number of nitrogens with zero attached hydrogens (tertiary/aromatic N) is 2. The first-order valence-electron chi connectivity index (χ1n) is 9.84. The van der Waals surface area contributed by atoms with Crippen molar-refractivity contribution in [2.24, 2.45) is 0 Å². The lowest BCUT2D eigenvalue weighted by Crippen LogP contribution is -2.48. The third-order valence-electron chi connectivity index (χ3n) is 5.43. The molecule has 2 heterocycles. The predicted octanol–water partition coefficient (Wildman–Crippen LogP) is 4.43. The van der Waals surface area contributed by atoms with Gasteiger partial charge in [-0.05, 0) is 42.0 Å². The summed E-state index contributed by atoms with van der Waals surface area (Å²) >= 11 is 1.56. The standard InChI is InChI=1S/C21H29N3O3S2/c1-15(2)16-6-5-7-17(14-16)19-8-9-20(28-19)22-21(25)23(3)18-10-12-24(13-11-18)29(4,26)27/h5-9,14-15,18H,10-13H2,1-4H3,(H,22,25). The van der Waals surface area contributed by atoms with Crippen molar-refractivity contribution in [3.63, 3.8) is 0 Å². The van der Waals surface area contributed by atoms with Crippen molar-refractivity contribution in [3.05, 3.63) is 42.0 Å². The third kappa shape index (κ3) is 5.38. The van der Waals surface area contributed by atoms with Crippen LogP contribution >= 0.6 is 11.3 Å². The van der Waals surface area contributed by atoms with E-state index in [1.54, 1.807) is 23.3 Å². The average Bonchev–Trinajstić information content (AvgIpc) is 3.15. The summed E-state index contributed by atoms with van der Waals surface area (Å²) in [5, 5.41) is 3.79. The Morgan fingerprint density at radius 2 is 1.90 bits per heavy atom. The summed E-state index contributed by atoms with van der Waals surface area (Å²) in [5.74, 6) is 0.469. The highest BCUT2D eigenvalue weighted by molar-refractivity contribution is 7.88. The van der Waals surface area contributed by atoms with Gasteiger partial charge in [-0.15, -0.1) is 11.3 Å². The normalized spacial score (nSPS) is 16.2. The molecule has 2 amide bonds. The van der Waals surface area contributed by atoms with Crippen molar-refractivity contribution in [2.75, 3.05) is 31.7 Å². The molecule has 0 spiro atoms. The summed E-state index contributed by atoms with van der Waals surface area (Å²) in [6, 6.07) is 12.3. The minimum Gasteiger partial charge on any atom is -0.324 e. The van der Waals surface area contributed by atoms with E-state index < -0.39 is 10.0 Å². The first kappa shape index (κ1) is 21.8. The fraction of sp³-hybridized carbons (Fsp3) is 0.476. The number of rotatable bonds is 5. The van der Waals surface area contributed by atoms with E-state index in [2.05, 4.69) is 43.4 Å². The number of amides is 2. The second kappa shape index (κ2) is 8.85. The van der Waals surface area contributed by atoms with E-state index in [4.69, 9.17) is 0 Å². The maximum atomic E-state index is 12.7. The predicted molar refractivity (Wildman–Crippen MR) is 120 cm³/mol. The van der Waals surface area contributed by atoms with Crippen LogP contribution in [0.5, 0.6) is 0 Å². The van der Waals surface area contributed by atoms with Crippen LogP contribution in [0.4, 0.5) is 9.80 Å². The lowest BCUT2D eigenvalue weighted by atomic mass is 10.0. The molecule has 1 aliphatic rings. The second-order valence-corrected chi connectivity index (χ2v) is 10.9. The molecule has 2 aromatic rings. The van der Waals surface area contributed by atoms with Crippen LogP contribution in [0.2, 0.25) is 0 Å². The van der Waals surface area contributed by atoms with Crippen LogP contribution in [0.15, 0.2) is 36.4 Å². The van der Waals surface area contributed by atoms with E-state index in [9.17, 15) is 13.2 Å². The van der Waals surface area contributed by atoms with Gasteiger partial charge in [0.2, 0.25) is 10.0 Å². The molecule has 6 nitrogen and oxygen atoms in total. The zero-order chi connectivity index (χ0) is 21.2. The van der Waals surface area contributed by atoms with Crippen molar-refractivity contribution < 1.29 is 13.2 Å². The molecule has 29 heavy (non-hydrogen) atoms. The van der Waals surface area contributed by atoms with Crippen molar-refractivity contribution >= 4 is 32.4 Å². The SMILES string of the molecule is CC(C)c1cccc(-c2ccc(NC(=O)N(C)C3CCN(S(C)(=O)=O)CC3)s2)c1. The zero-order valence-electron chi connectivity index (χ0n) is 17.4. The highest BCUT2D eigenvalue weighted by Crippen LogP contribution is 2.33. The first-order valence-corrected chi connectivity index (χ1v) is 12.5. The lowest BCUT2D eigenvalue weighted by molar-refractivity contribution is 0.174. The van der Waals surface area contributed by atoms with E-state index >= 15 is 0 Å². The number of carbonyl (C=O) groups excluding carboxylic acids is 1. The Morgan fingerprint density at radius 1 is 1.21 bits per heavy atom. The van der Waals surface area contributed by atoms with Crippen LogP contribution in [-0.2, 0) is 10.0 Å². The molecule has 8 heteroatoms. The quantitative estimate of drug-likeness (QED) is 0.755. The third-order valence-corrected chi connectivity index (χ3v) is 7.79. The van der Waals surface area contributed by atoms with Gasteiger partial charge in [-0.25, -0.2) is 17.5 Å². The summed E-state index contributed by atoms with van der Waals surface area (Å²) in [6.45, 7) is 5.26. The fourth-order valence-electron chi connectivity index (χ4n) is 3.53. The van der Waals surface area contributed by atoms with Gasteiger partial charge in [-0.1, -0.05) is 38.1 Å². The van der Waals surface area contributed by atoms with E-state index in [0.29, 0.717) is 31.8 Å². The summed E-state index contributed by atoms with van der Waals surface area (Å²) in [4.78, 5) is 15.5. The molecule has 0 saturated carbocycles. The van der Waals surface area contributed by atoms with Crippen molar-refractivity contribution in [1.29, 1.82) is 0 Å². The van der Waals surface area contributed by atoms with Gasteiger partial charge in [0, 0.05) is 31.1 Å². The molecule has 1 aromatic heterocycles. The highest BCUT2D eigenvalue weighted by atomic mass is 32.2. The molecule has 1 aliphatic heterocycles. The number of sulfonamides is 1. The number of piperidine rings is 1. The van der Waals surface area contributed by atoms with Crippen LogP contribution in [0, 0.1) is 0 Å². The molecule has 0 aliphatic carbocycles. The van der Waals surface area contributed by atoms with Gasteiger partial charge in [-0.3, -0.25) is 5.32 Å². The van der Waals surface area contributed by atoms with Crippen LogP contribution in [-0.4, -0.2) is 56.1 Å². The maximum absolute atomic E-state index is 12.7. The van der Waals surface area contributed by atoms with Gasteiger partial charge in [0.1, 0.15) is 0 Å². The Morgan fingerprint density at radius 3 is 2.52 bits per heavy atom. The first-order chi connectivity index (χ1) is 13.6. The molecule has 1 saturated heterocycles. The van der Waals surface area contributed by atoms with Gasteiger partial charge in [0.15, 0.2) is 0 Å². The van der Waals surface area contributed by atoms with E-state index in [1.807, 2.05) is 12.1 Å². The van der Waals surface area contributed by atoms with Crippen LogP contribution in [0.3, 0.4) is 0 Å². The number of carbonyl (C=O) groups is 1. The summed E-state index contributed by atoms with van der Waals surface area (Å²) < 4.78 is 24.8. The topological polar surface area (TPSA) is 69.7 Å². The van der Waals surface area contributed by atoms with Gasteiger partial charge in [-0.2, -0.15) is 0 Å². The average molecular weight is 436 g/mol. The van der Waals surface area contributed by atoms with E-state index in [-0.39, 0.29) is 12.1 Å². The zero-order valence-corrected chi connectivity index (χ0v) is 19.0. The Hall–Kier alpha value is -1.90. The molecule has 0 atom stereocenters. The number of thiophene rings is 1. The van der Waals surface area contributed by atoms with Gasteiger partial charge in [0.25, 0.3) is 0 Å². The van der Waals surface area contributed by atoms with Crippen molar-refractivity contribution in [3.8, 4) is 10.4 Å². The van der Waals surface area contributed by atoms with Gasteiger partial charge in [0.05, 0.1) is 11.3 Å². The monoisotopic (exact) mass is 435 g/mol. The molecule has 0 bridgehead atoms. The van der Waals surface area contributed by atoms with Crippen LogP contribution in [0.25, 0.3) is 10.4 Å². The van der Waals surface area contributed by atoms with Crippen molar-refractivity contribution in [1.82, 2.24) is 9.21 Å². The minimum absolute atomic E-state index is 0.0372. The van der Waals surface area contributed by atoms with Crippen LogP contribution in [0.1, 0.15) is 38.2 Å². The molecule has 0 radical (unpaired) electrons. The molecule has 158 valence electrons.